The minimum atomic E-state index is -0.804. The zero-order valence-electron chi connectivity index (χ0n) is 41.4. The van der Waals surface area contributed by atoms with Crippen molar-refractivity contribution in [1.29, 1.82) is 0 Å². The SMILES string of the molecule is [2H]c1c([2H])c([2H])c(-c2c([2H])c([2H])c([2H])c(-c3oc4cc(-c5ccccc5)ccc4c3-c3c4c([2H])c([2H])c([2H])c([2H])c4c(-c4ccccc4)c4c([2H])c([2H])c([2H])c([2H])c34)c2[2H])c([2H])c1[2H]. The molecular weight excluding hydrogens is 569 g/mol. The fraction of sp³-hybridized carbons (Fsp3) is 0. The second kappa shape index (κ2) is 11.3. The van der Waals surface area contributed by atoms with E-state index in [0.29, 0.717) is 11.1 Å². The van der Waals surface area contributed by atoms with E-state index in [1.54, 1.807) is 48.5 Å². The Hall–Kier alpha value is -6.18. The minimum Gasteiger partial charge on any atom is -0.455 e. The highest BCUT2D eigenvalue weighted by atomic mass is 16.3. The maximum Gasteiger partial charge on any atom is 0.143 e. The third-order valence-corrected chi connectivity index (χ3v) is 8.09. The molecule has 0 fully saturated rings. The molecule has 1 heteroatoms. The molecule has 9 aromatic rings. The van der Waals surface area contributed by atoms with Crippen molar-refractivity contribution in [3.05, 3.63) is 182 Å². The summed E-state index contributed by atoms with van der Waals surface area (Å²) in [7, 11) is 0. The van der Waals surface area contributed by atoms with Crippen LogP contribution in [0.3, 0.4) is 0 Å². The lowest BCUT2D eigenvalue weighted by Crippen LogP contribution is -1.91. The quantitative estimate of drug-likeness (QED) is 0.176. The van der Waals surface area contributed by atoms with Gasteiger partial charge in [0.05, 0.1) is 23.3 Å². The zero-order valence-corrected chi connectivity index (χ0v) is 24.4. The Bertz CT molecular complexity index is 3400. The topological polar surface area (TPSA) is 13.1 Å². The molecule has 220 valence electrons. The summed E-state index contributed by atoms with van der Waals surface area (Å²) >= 11 is 0. The number of furan rings is 1. The number of rotatable bonds is 5. The maximum atomic E-state index is 9.68. The molecule has 1 aromatic heterocycles. The lowest BCUT2D eigenvalue weighted by Gasteiger charge is -2.18. The van der Waals surface area contributed by atoms with Gasteiger partial charge < -0.3 is 4.42 Å². The Kier molecular flexibility index (Phi) is 3.60. The number of fused-ring (bicyclic) bond motifs is 3. The van der Waals surface area contributed by atoms with Gasteiger partial charge in [-0.3, -0.25) is 0 Å². The highest BCUT2D eigenvalue weighted by Gasteiger charge is 2.24. The molecule has 0 aliphatic heterocycles. The average molecular weight is 616 g/mol. The van der Waals surface area contributed by atoms with Gasteiger partial charge in [0, 0.05) is 22.1 Å². The van der Waals surface area contributed by atoms with Crippen molar-refractivity contribution in [2.45, 2.75) is 0 Å². The Balaban J connectivity index is 1.58. The molecular formula is C46H30O. The summed E-state index contributed by atoms with van der Waals surface area (Å²) in [5.74, 6) is -0.382. The molecule has 0 amide bonds. The van der Waals surface area contributed by atoms with Crippen molar-refractivity contribution in [3.63, 3.8) is 0 Å². The molecule has 0 spiro atoms. The molecule has 0 bridgehead atoms. The molecule has 0 saturated heterocycles. The largest absolute Gasteiger partial charge is 0.455 e. The average Bonchev–Trinajstić information content (AvgIpc) is 3.67. The van der Waals surface area contributed by atoms with Crippen LogP contribution in [-0.2, 0) is 0 Å². The van der Waals surface area contributed by atoms with Crippen LogP contribution >= 0.6 is 0 Å². The summed E-state index contributed by atoms with van der Waals surface area (Å²) in [5.41, 5.74) is 0.0291. The summed E-state index contributed by atoms with van der Waals surface area (Å²) in [5, 5.41) is -0.387. The monoisotopic (exact) mass is 615 g/mol. The van der Waals surface area contributed by atoms with E-state index in [0.717, 1.165) is 5.56 Å². The van der Waals surface area contributed by atoms with Gasteiger partial charge in [-0.15, -0.1) is 0 Å². The zero-order chi connectivity index (χ0) is 46.0. The first-order valence-electron chi connectivity index (χ1n) is 23.2. The molecule has 0 N–H and O–H groups in total. The van der Waals surface area contributed by atoms with Crippen LogP contribution in [-0.4, -0.2) is 0 Å². The molecule has 8 aromatic carbocycles. The summed E-state index contributed by atoms with van der Waals surface area (Å²) in [6, 6.07) is 10.9. The van der Waals surface area contributed by atoms with Crippen LogP contribution < -0.4 is 0 Å². The first-order chi connectivity index (χ1) is 30.4. The molecule has 0 aliphatic rings. The van der Waals surface area contributed by atoms with Gasteiger partial charge in [0.2, 0.25) is 0 Å². The third-order valence-electron chi connectivity index (χ3n) is 8.09. The van der Waals surface area contributed by atoms with Crippen molar-refractivity contribution >= 4 is 32.5 Å². The smallest absolute Gasteiger partial charge is 0.143 e. The first kappa shape index (κ1) is 14.9. The summed E-state index contributed by atoms with van der Waals surface area (Å²) in [4.78, 5) is 0. The van der Waals surface area contributed by atoms with Crippen molar-refractivity contribution in [3.8, 4) is 55.8 Å². The van der Waals surface area contributed by atoms with Crippen LogP contribution in [0, 0.1) is 0 Å². The highest BCUT2D eigenvalue weighted by Crippen LogP contribution is 2.50. The second-order valence-electron chi connectivity index (χ2n) is 10.7. The molecule has 1 heterocycles. The van der Waals surface area contributed by atoms with Crippen LogP contribution in [0.15, 0.2) is 186 Å². The van der Waals surface area contributed by atoms with Crippen molar-refractivity contribution in [1.82, 2.24) is 0 Å². The van der Waals surface area contributed by atoms with Crippen LogP contribution in [0.2, 0.25) is 0 Å². The van der Waals surface area contributed by atoms with Gasteiger partial charge in [-0.1, -0.05) is 163 Å². The van der Waals surface area contributed by atoms with Crippen molar-refractivity contribution < 1.29 is 27.7 Å². The number of hydrogen-bond donors (Lipinski definition) is 0. The minimum absolute atomic E-state index is 0.0890. The number of hydrogen-bond acceptors (Lipinski definition) is 1. The summed E-state index contributed by atoms with van der Waals surface area (Å²) in [6.07, 6.45) is 0. The Morgan fingerprint density at radius 2 is 0.915 bits per heavy atom. The van der Waals surface area contributed by atoms with Crippen LogP contribution in [0.5, 0.6) is 0 Å². The second-order valence-corrected chi connectivity index (χ2v) is 10.7. The van der Waals surface area contributed by atoms with Gasteiger partial charge in [0.25, 0.3) is 0 Å². The fourth-order valence-electron chi connectivity index (χ4n) is 6.06. The van der Waals surface area contributed by atoms with E-state index in [2.05, 4.69) is 0 Å². The predicted octanol–water partition coefficient (Wildman–Crippen LogP) is 13.1. The predicted molar refractivity (Wildman–Crippen MR) is 198 cm³/mol. The molecule has 47 heavy (non-hydrogen) atoms. The third kappa shape index (κ3) is 4.64. The van der Waals surface area contributed by atoms with E-state index in [1.165, 1.54) is 0 Å². The molecule has 0 unspecified atom stereocenters. The van der Waals surface area contributed by atoms with Crippen molar-refractivity contribution in [2.75, 3.05) is 0 Å². The van der Waals surface area contributed by atoms with Gasteiger partial charge in [0.1, 0.15) is 11.3 Å². The van der Waals surface area contributed by atoms with E-state index in [1.807, 2.05) is 30.3 Å². The van der Waals surface area contributed by atoms with E-state index in [4.69, 9.17) is 19.5 Å². The molecule has 0 atom stereocenters. The van der Waals surface area contributed by atoms with E-state index in [-0.39, 0.29) is 55.0 Å². The van der Waals surface area contributed by atoms with E-state index < -0.39 is 119 Å². The van der Waals surface area contributed by atoms with Crippen LogP contribution in [0.25, 0.3) is 88.3 Å². The van der Waals surface area contributed by atoms with Gasteiger partial charge >= 0.3 is 0 Å². The fourth-order valence-corrected chi connectivity index (χ4v) is 6.06. The van der Waals surface area contributed by atoms with Crippen LogP contribution in [0.4, 0.5) is 0 Å². The van der Waals surface area contributed by atoms with Gasteiger partial charge in [0.15, 0.2) is 0 Å². The highest BCUT2D eigenvalue weighted by molar-refractivity contribution is 6.25. The molecule has 9 rings (SSSR count). The van der Waals surface area contributed by atoms with E-state index in [9.17, 15) is 8.22 Å². The van der Waals surface area contributed by atoms with Crippen LogP contribution in [0.1, 0.15) is 23.3 Å². The lowest BCUT2D eigenvalue weighted by atomic mass is 9.84. The first-order valence-corrected chi connectivity index (χ1v) is 14.7. The number of benzene rings is 8. The van der Waals surface area contributed by atoms with Gasteiger partial charge in [-0.2, -0.15) is 0 Å². The normalized spacial score (nSPS) is 16.5. The molecule has 0 radical (unpaired) electrons. The maximum absolute atomic E-state index is 9.68. The summed E-state index contributed by atoms with van der Waals surface area (Å²) in [6.45, 7) is 0. The standard InChI is InChI=1S/C46H30O/c1-4-15-31(16-5-1)34-21-14-22-36(29-34)46-45(41-28-27-35(30-42(41)47-46)32-17-6-2-7-18-32)44-39-25-12-10-23-37(39)43(33-19-8-3-9-20-33)38-24-11-13-26-40(38)44/h1-30H/i1D,4D,5D,10D,11D,12D,13D,14D,15D,16D,21D,22D,23D,24D,25D,26D,29D. The molecule has 0 saturated carbocycles. The van der Waals surface area contributed by atoms with Gasteiger partial charge in [-0.25, -0.2) is 0 Å². The summed E-state index contributed by atoms with van der Waals surface area (Å²) < 4.78 is 159. The Morgan fingerprint density at radius 3 is 1.57 bits per heavy atom. The Labute approximate surface area is 297 Å². The van der Waals surface area contributed by atoms with Gasteiger partial charge in [-0.05, 0) is 73.1 Å². The van der Waals surface area contributed by atoms with E-state index >= 15 is 0 Å². The lowest BCUT2D eigenvalue weighted by molar-refractivity contribution is 0.632. The molecule has 1 nitrogen and oxygen atoms in total. The van der Waals surface area contributed by atoms with Crippen molar-refractivity contribution in [2.24, 2.45) is 0 Å². The molecule has 0 aliphatic carbocycles. The Morgan fingerprint density at radius 1 is 0.362 bits per heavy atom.